The van der Waals surface area contributed by atoms with Crippen LogP contribution in [0.25, 0.3) is 0 Å². The minimum atomic E-state index is -1.44. The molecule has 0 saturated heterocycles. The summed E-state index contributed by atoms with van der Waals surface area (Å²) >= 11 is 4.44. The van der Waals surface area contributed by atoms with Gasteiger partial charge in [0.05, 0.1) is 11.2 Å². The third kappa shape index (κ3) is 2.91. The van der Waals surface area contributed by atoms with Crippen molar-refractivity contribution in [3.8, 4) is 0 Å². The second-order valence-corrected chi connectivity index (χ2v) is 5.24. The van der Waals surface area contributed by atoms with Crippen molar-refractivity contribution in [3.05, 3.63) is 64.5 Å². The number of nitrogens with zero attached hydrogens (tertiary/aromatic N) is 1. The molecule has 0 radical (unpaired) electrons. The number of benzene rings is 1. The first-order valence-electron chi connectivity index (χ1n) is 4.98. The summed E-state index contributed by atoms with van der Waals surface area (Å²) in [6, 6.07) is 12.4. The van der Waals surface area contributed by atoms with E-state index in [4.69, 9.17) is 11.6 Å². The van der Waals surface area contributed by atoms with Crippen LogP contribution in [-0.4, -0.2) is 4.55 Å². The summed E-state index contributed by atoms with van der Waals surface area (Å²) in [6.07, 6.45) is 1.30. The molecule has 88 valence electrons. The van der Waals surface area contributed by atoms with E-state index in [1.54, 1.807) is 6.07 Å². The Morgan fingerprint density at radius 1 is 1.12 bits per heavy atom. The standard InChI is InChI=1S/C12H10ClNO2S/c13-11-7-4-8-14(15)12(11)17(16)9-10-5-2-1-3-6-10/h1-8H,9H2. The fourth-order valence-electron chi connectivity index (χ4n) is 1.45. The Bertz CT molecular complexity index is 487. The molecule has 0 bridgehead atoms. The fourth-order valence-corrected chi connectivity index (χ4v) is 3.05. The largest absolute Gasteiger partial charge is 0.615 e. The minimum Gasteiger partial charge on any atom is -0.615 e. The minimum absolute atomic E-state index is 0.109. The number of rotatable bonds is 3. The van der Waals surface area contributed by atoms with Gasteiger partial charge in [0.25, 0.3) is 0 Å². The fraction of sp³-hybridized carbons (Fsp3) is 0.0833. The Morgan fingerprint density at radius 3 is 2.47 bits per heavy atom. The molecule has 0 aliphatic heterocycles. The van der Waals surface area contributed by atoms with Crippen molar-refractivity contribution in [1.82, 2.24) is 0 Å². The van der Waals surface area contributed by atoms with Gasteiger partial charge in [-0.25, -0.2) is 0 Å². The molecular formula is C12H10ClNO2S. The van der Waals surface area contributed by atoms with Crippen molar-refractivity contribution in [1.29, 1.82) is 0 Å². The summed E-state index contributed by atoms with van der Waals surface area (Å²) in [5.41, 5.74) is 0.908. The molecule has 2 rings (SSSR count). The molecule has 0 amide bonds. The Balaban J connectivity index is 2.23. The second kappa shape index (κ2) is 5.40. The first-order chi connectivity index (χ1) is 8.18. The molecule has 5 heteroatoms. The average molecular weight is 268 g/mol. The van der Waals surface area contributed by atoms with Crippen LogP contribution in [0.15, 0.2) is 53.7 Å². The molecule has 3 nitrogen and oxygen atoms in total. The molecule has 2 aromatic rings. The van der Waals surface area contributed by atoms with E-state index in [-0.39, 0.29) is 15.8 Å². The van der Waals surface area contributed by atoms with Crippen LogP contribution in [0.2, 0.25) is 5.02 Å². The lowest BCUT2D eigenvalue weighted by Crippen LogP contribution is -2.34. The molecule has 1 aromatic carbocycles. The molecule has 1 atom stereocenters. The van der Waals surface area contributed by atoms with Crippen LogP contribution < -0.4 is 4.73 Å². The molecular weight excluding hydrogens is 258 g/mol. The molecule has 17 heavy (non-hydrogen) atoms. The summed E-state index contributed by atoms with van der Waals surface area (Å²) in [5.74, 6) is 0.285. The van der Waals surface area contributed by atoms with Gasteiger partial charge in [0.15, 0.2) is 11.2 Å². The summed E-state index contributed by atoms with van der Waals surface area (Å²) in [5, 5.41) is 11.9. The van der Waals surface area contributed by atoms with Gasteiger partial charge in [-0.3, -0.25) is 0 Å². The van der Waals surface area contributed by atoms with Crippen molar-refractivity contribution in [2.75, 3.05) is 0 Å². The Labute approximate surface area is 107 Å². The van der Waals surface area contributed by atoms with Crippen LogP contribution in [0, 0.1) is 5.21 Å². The molecule has 1 heterocycles. The van der Waals surface area contributed by atoms with E-state index in [0.717, 1.165) is 5.56 Å². The number of aromatic nitrogens is 1. The third-order valence-electron chi connectivity index (χ3n) is 2.22. The summed E-state index contributed by atoms with van der Waals surface area (Å²) in [6.45, 7) is 0. The van der Waals surface area contributed by atoms with Gasteiger partial charge < -0.3 is 9.76 Å². The van der Waals surface area contributed by atoms with E-state index in [9.17, 15) is 9.76 Å². The smallest absolute Gasteiger partial charge is 0.412 e. The van der Waals surface area contributed by atoms with Crippen LogP contribution in [0.5, 0.6) is 0 Å². The average Bonchev–Trinajstić information content (AvgIpc) is 2.30. The molecule has 1 unspecified atom stereocenters. The van der Waals surface area contributed by atoms with E-state index < -0.39 is 11.2 Å². The van der Waals surface area contributed by atoms with Gasteiger partial charge in [0.2, 0.25) is 0 Å². The number of hydrogen-bond donors (Lipinski definition) is 0. The monoisotopic (exact) mass is 267 g/mol. The molecule has 0 saturated carbocycles. The van der Waals surface area contributed by atoms with Crippen molar-refractivity contribution < 1.29 is 9.28 Å². The lowest BCUT2D eigenvalue weighted by molar-refractivity contribution is -0.646. The van der Waals surface area contributed by atoms with E-state index in [2.05, 4.69) is 0 Å². The molecule has 1 aromatic heterocycles. The zero-order valence-corrected chi connectivity index (χ0v) is 10.4. The maximum absolute atomic E-state index is 12.1. The van der Waals surface area contributed by atoms with Crippen LogP contribution in [0.4, 0.5) is 0 Å². The van der Waals surface area contributed by atoms with E-state index in [1.807, 2.05) is 30.3 Å². The van der Waals surface area contributed by atoms with E-state index >= 15 is 0 Å². The van der Waals surface area contributed by atoms with Crippen molar-refractivity contribution in [2.24, 2.45) is 0 Å². The number of halogens is 1. The topological polar surface area (TPSA) is 50.0 Å². The summed E-state index contributed by atoms with van der Waals surface area (Å²) in [7, 11) is 0. The highest BCUT2D eigenvalue weighted by molar-refractivity contribution is 7.90. The maximum atomic E-state index is 12.1. The van der Waals surface area contributed by atoms with Crippen LogP contribution in [-0.2, 0) is 16.9 Å². The molecule has 0 aliphatic carbocycles. The first-order valence-corrected chi connectivity index (χ1v) is 6.68. The summed E-state index contributed by atoms with van der Waals surface area (Å²) < 4.78 is 12.6. The van der Waals surface area contributed by atoms with Gasteiger partial charge in [0, 0.05) is 11.6 Å². The van der Waals surface area contributed by atoms with Crippen LogP contribution in [0.3, 0.4) is 0 Å². The Hall–Kier alpha value is -1.23. The van der Waals surface area contributed by atoms with Gasteiger partial charge >= 0.3 is 5.03 Å². The Kier molecular flexibility index (Phi) is 3.89. The number of pyridine rings is 1. The predicted octanol–water partition coefficient (Wildman–Crippen LogP) is 2.28. The Morgan fingerprint density at radius 2 is 1.82 bits per heavy atom. The van der Waals surface area contributed by atoms with E-state index in [1.165, 1.54) is 12.3 Å². The van der Waals surface area contributed by atoms with Crippen molar-refractivity contribution >= 4 is 22.8 Å². The normalized spacial score (nSPS) is 12.4. The highest BCUT2D eigenvalue weighted by Gasteiger charge is 2.25. The zero-order chi connectivity index (χ0) is 12.3. The lowest BCUT2D eigenvalue weighted by atomic mass is 10.2. The lowest BCUT2D eigenvalue weighted by Gasteiger charge is -2.10. The van der Waals surface area contributed by atoms with Gasteiger partial charge in [-0.05, 0) is 6.07 Å². The highest BCUT2D eigenvalue weighted by atomic mass is 35.5. The van der Waals surface area contributed by atoms with Gasteiger partial charge in [0.1, 0.15) is 5.75 Å². The van der Waals surface area contributed by atoms with Gasteiger partial charge in [-0.15, -0.1) is 4.73 Å². The second-order valence-electron chi connectivity index (χ2n) is 3.46. The quantitative estimate of drug-likeness (QED) is 0.487. The number of hydrogen-bond acceptors (Lipinski definition) is 2. The molecule has 0 aliphatic rings. The SMILES string of the molecule is [O-][n+]1cccc(Cl)c1[S+]([O-])Cc1ccccc1. The molecule has 0 fully saturated rings. The third-order valence-corrected chi connectivity index (χ3v) is 4.07. The van der Waals surface area contributed by atoms with Crippen molar-refractivity contribution in [3.63, 3.8) is 0 Å². The predicted molar refractivity (Wildman–Crippen MR) is 67.0 cm³/mol. The zero-order valence-electron chi connectivity index (χ0n) is 8.88. The van der Waals surface area contributed by atoms with Crippen LogP contribution in [0.1, 0.15) is 5.56 Å². The summed E-state index contributed by atoms with van der Waals surface area (Å²) in [4.78, 5) is 0. The maximum Gasteiger partial charge on any atom is 0.412 e. The van der Waals surface area contributed by atoms with Gasteiger partial charge in [-0.1, -0.05) is 41.9 Å². The van der Waals surface area contributed by atoms with Gasteiger partial charge in [-0.2, -0.15) is 0 Å². The first kappa shape index (κ1) is 12.2. The van der Waals surface area contributed by atoms with Crippen LogP contribution >= 0.6 is 11.6 Å². The van der Waals surface area contributed by atoms with E-state index in [0.29, 0.717) is 4.73 Å². The van der Waals surface area contributed by atoms with Crippen molar-refractivity contribution in [2.45, 2.75) is 10.8 Å². The molecule has 0 N–H and O–H groups in total. The molecule has 0 spiro atoms. The highest BCUT2D eigenvalue weighted by Crippen LogP contribution is 2.20.